The van der Waals surface area contributed by atoms with Crippen LogP contribution in [0.4, 0.5) is 0 Å². The molecule has 1 aliphatic rings. The lowest BCUT2D eigenvalue weighted by atomic mass is 10.2. The first-order valence-corrected chi connectivity index (χ1v) is 4.33. The van der Waals surface area contributed by atoms with E-state index in [0.717, 1.165) is 6.54 Å². The van der Waals surface area contributed by atoms with Crippen LogP contribution in [0.5, 0.6) is 0 Å². The van der Waals surface area contributed by atoms with Crippen molar-refractivity contribution in [2.75, 3.05) is 26.3 Å². The maximum Gasteiger partial charge on any atom is 0.240 e. The van der Waals surface area contributed by atoms with Crippen molar-refractivity contribution in [2.24, 2.45) is 0 Å². The molecule has 0 saturated carbocycles. The summed E-state index contributed by atoms with van der Waals surface area (Å²) in [7, 11) is 0. The lowest BCUT2D eigenvalue weighted by Crippen LogP contribution is -2.51. The van der Waals surface area contributed by atoms with Crippen LogP contribution in [0.25, 0.3) is 0 Å². The Bertz CT molecular complexity index is 229. The Morgan fingerprint density at radius 1 is 1.71 bits per heavy atom. The maximum atomic E-state index is 11.4. The van der Waals surface area contributed by atoms with E-state index in [1.54, 1.807) is 6.92 Å². The standard InChI is InChI=1S/C9H14N2O2.ClH/c1-2-3-4-11-9(12)8-7-13-6-5-10-8;/h8,10H,4-7H2,1H3,(H,11,12);1H/t8-;/m1./s1. The molecule has 14 heavy (non-hydrogen) atoms. The number of hydrogen-bond acceptors (Lipinski definition) is 3. The van der Waals surface area contributed by atoms with Gasteiger partial charge in [-0.3, -0.25) is 4.79 Å². The van der Waals surface area contributed by atoms with Crippen LogP contribution < -0.4 is 10.6 Å². The predicted octanol–water partition coefficient (Wildman–Crippen LogP) is -0.464. The molecular formula is C9H15ClN2O2. The molecule has 5 heteroatoms. The van der Waals surface area contributed by atoms with E-state index in [2.05, 4.69) is 22.5 Å². The van der Waals surface area contributed by atoms with Crippen molar-refractivity contribution in [3.63, 3.8) is 0 Å². The smallest absolute Gasteiger partial charge is 0.240 e. The summed E-state index contributed by atoms with van der Waals surface area (Å²) in [5.74, 6) is 5.44. The minimum atomic E-state index is -0.215. The Kier molecular flexibility index (Phi) is 7.21. The van der Waals surface area contributed by atoms with E-state index in [1.165, 1.54) is 0 Å². The van der Waals surface area contributed by atoms with Gasteiger partial charge in [0.15, 0.2) is 0 Å². The van der Waals surface area contributed by atoms with Crippen LogP contribution in [0.3, 0.4) is 0 Å². The average Bonchev–Trinajstić information content (AvgIpc) is 2.19. The molecule has 0 unspecified atom stereocenters. The van der Waals surface area contributed by atoms with Gasteiger partial charge in [0.2, 0.25) is 5.91 Å². The molecule has 0 aromatic carbocycles. The fourth-order valence-corrected chi connectivity index (χ4v) is 1.08. The zero-order valence-electron chi connectivity index (χ0n) is 8.13. The van der Waals surface area contributed by atoms with Gasteiger partial charge in [0.25, 0.3) is 0 Å². The molecule has 0 radical (unpaired) electrons. The molecule has 2 N–H and O–H groups in total. The van der Waals surface area contributed by atoms with E-state index in [9.17, 15) is 4.79 Å². The molecular weight excluding hydrogens is 204 g/mol. The number of hydrogen-bond donors (Lipinski definition) is 2. The van der Waals surface area contributed by atoms with Crippen LogP contribution in [0, 0.1) is 11.8 Å². The molecule has 1 rings (SSSR count). The zero-order valence-corrected chi connectivity index (χ0v) is 8.95. The summed E-state index contributed by atoms with van der Waals surface area (Å²) in [6, 6.07) is -0.215. The van der Waals surface area contributed by atoms with Crippen LogP contribution in [-0.2, 0) is 9.53 Å². The number of nitrogens with one attached hydrogen (secondary N) is 2. The molecule has 1 atom stereocenters. The van der Waals surface area contributed by atoms with Gasteiger partial charge in [0.1, 0.15) is 6.04 Å². The Morgan fingerprint density at radius 2 is 2.50 bits per heavy atom. The van der Waals surface area contributed by atoms with Gasteiger partial charge in [0.05, 0.1) is 19.8 Å². The zero-order chi connectivity index (χ0) is 9.52. The summed E-state index contributed by atoms with van der Waals surface area (Å²) in [5.41, 5.74) is 0. The number of carbonyl (C=O) groups is 1. The molecule has 0 spiro atoms. The molecule has 0 aromatic rings. The van der Waals surface area contributed by atoms with Gasteiger partial charge in [-0.2, -0.15) is 0 Å². The van der Waals surface area contributed by atoms with Crippen molar-refractivity contribution in [1.29, 1.82) is 0 Å². The normalized spacial score (nSPS) is 19.9. The van der Waals surface area contributed by atoms with E-state index in [4.69, 9.17) is 4.74 Å². The van der Waals surface area contributed by atoms with Crippen LogP contribution in [0.1, 0.15) is 6.92 Å². The van der Waals surface area contributed by atoms with Crippen molar-refractivity contribution < 1.29 is 9.53 Å². The molecule has 1 amide bonds. The third kappa shape index (κ3) is 4.47. The van der Waals surface area contributed by atoms with Crippen molar-refractivity contribution in [2.45, 2.75) is 13.0 Å². The third-order valence-electron chi connectivity index (χ3n) is 1.77. The van der Waals surface area contributed by atoms with Gasteiger partial charge in [0, 0.05) is 6.54 Å². The van der Waals surface area contributed by atoms with Gasteiger partial charge in [-0.15, -0.1) is 18.3 Å². The summed E-state index contributed by atoms with van der Waals surface area (Å²) in [6.07, 6.45) is 0. The fraction of sp³-hybridized carbons (Fsp3) is 0.667. The molecule has 0 bridgehead atoms. The highest BCUT2D eigenvalue weighted by Gasteiger charge is 2.19. The lowest BCUT2D eigenvalue weighted by molar-refractivity contribution is -0.125. The van der Waals surface area contributed by atoms with Gasteiger partial charge < -0.3 is 15.4 Å². The quantitative estimate of drug-likeness (QED) is 0.617. The van der Waals surface area contributed by atoms with E-state index >= 15 is 0 Å². The Morgan fingerprint density at radius 3 is 3.07 bits per heavy atom. The van der Waals surface area contributed by atoms with E-state index in [1.807, 2.05) is 0 Å². The molecule has 1 aliphatic heterocycles. The highest BCUT2D eigenvalue weighted by molar-refractivity contribution is 5.85. The minimum Gasteiger partial charge on any atom is -0.378 e. The Labute approximate surface area is 90.2 Å². The summed E-state index contributed by atoms with van der Waals surface area (Å²) in [6.45, 7) is 4.02. The van der Waals surface area contributed by atoms with Gasteiger partial charge in [-0.25, -0.2) is 0 Å². The predicted molar refractivity (Wildman–Crippen MR) is 56.3 cm³/mol. The number of morpholine rings is 1. The second kappa shape index (κ2) is 7.63. The molecule has 1 fully saturated rings. The monoisotopic (exact) mass is 218 g/mol. The van der Waals surface area contributed by atoms with Crippen LogP contribution in [0.15, 0.2) is 0 Å². The second-order valence-electron chi connectivity index (χ2n) is 2.73. The first-order chi connectivity index (χ1) is 6.34. The number of ether oxygens (including phenoxy) is 1. The largest absolute Gasteiger partial charge is 0.378 e. The number of halogens is 1. The Balaban J connectivity index is 0.00000169. The van der Waals surface area contributed by atoms with Crippen LogP contribution in [0.2, 0.25) is 0 Å². The summed E-state index contributed by atoms with van der Waals surface area (Å²) < 4.78 is 5.15. The fourth-order valence-electron chi connectivity index (χ4n) is 1.08. The summed E-state index contributed by atoms with van der Waals surface area (Å²) >= 11 is 0. The molecule has 0 aromatic heterocycles. The maximum absolute atomic E-state index is 11.4. The second-order valence-corrected chi connectivity index (χ2v) is 2.73. The SMILES string of the molecule is CC#CCNC(=O)[C@H]1COCCN1.Cl. The van der Waals surface area contributed by atoms with Crippen LogP contribution >= 0.6 is 12.4 Å². The number of amides is 1. The molecule has 4 nitrogen and oxygen atoms in total. The van der Waals surface area contributed by atoms with Crippen molar-refractivity contribution in [1.82, 2.24) is 10.6 Å². The van der Waals surface area contributed by atoms with Gasteiger partial charge >= 0.3 is 0 Å². The molecule has 80 valence electrons. The summed E-state index contributed by atoms with van der Waals surface area (Å²) in [4.78, 5) is 11.4. The highest BCUT2D eigenvalue weighted by atomic mass is 35.5. The lowest BCUT2D eigenvalue weighted by Gasteiger charge is -2.22. The topological polar surface area (TPSA) is 50.4 Å². The third-order valence-corrected chi connectivity index (χ3v) is 1.77. The van der Waals surface area contributed by atoms with Crippen LogP contribution in [-0.4, -0.2) is 38.3 Å². The van der Waals surface area contributed by atoms with E-state index in [-0.39, 0.29) is 24.4 Å². The van der Waals surface area contributed by atoms with Crippen molar-refractivity contribution in [3.05, 3.63) is 0 Å². The average molecular weight is 219 g/mol. The highest BCUT2D eigenvalue weighted by Crippen LogP contribution is 1.92. The van der Waals surface area contributed by atoms with Crippen molar-refractivity contribution >= 4 is 18.3 Å². The van der Waals surface area contributed by atoms with Gasteiger partial charge in [-0.05, 0) is 6.92 Å². The first kappa shape index (κ1) is 13.2. The molecule has 1 heterocycles. The van der Waals surface area contributed by atoms with E-state index < -0.39 is 0 Å². The number of rotatable bonds is 2. The molecule has 0 aliphatic carbocycles. The minimum absolute atomic E-state index is 0. The molecule has 1 saturated heterocycles. The van der Waals surface area contributed by atoms with Gasteiger partial charge in [-0.1, -0.05) is 5.92 Å². The number of carbonyl (C=O) groups excluding carboxylic acids is 1. The Hall–Kier alpha value is -0.760. The first-order valence-electron chi connectivity index (χ1n) is 4.33. The summed E-state index contributed by atoms with van der Waals surface area (Å²) in [5, 5.41) is 5.76. The van der Waals surface area contributed by atoms with E-state index in [0.29, 0.717) is 19.8 Å². The van der Waals surface area contributed by atoms with Crippen molar-refractivity contribution in [3.8, 4) is 11.8 Å².